The number of hydrogen-bond donors (Lipinski definition) is 1. The highest BCUT2D eigenvalue weighted by molar-refractivity contribution is 7.91. The number of nitrogens with zero attached hydrogens (tertiary/aromatic N) is 1. The molecular weight excluding hydrogens is 496 g/mol. The highest BCUT2D eigenvalue weighted by Crippen LogP contribution is 2.37. The molecule has 0 radical (unpaired) electrons. The van der Waals surface area contributed by atoms with Gasteiger partial charge in [-0.05, 0) is 59.4 Å². The minimum atomic E-state index is -3.77. The quantitative estimate of drug-likeness (QED) is 0.469. The first kappa shape index (κ1) is 24.7. The van der Waals surface area contributed by atoms with Gasteiger partial charge >= 0.3 is 5.97 Å². The Morgan fingerprint density at radius 3 is 2.44 bits per heavy atom. The van der Waals surface area contributed by atoms with Crippen LogP contribution in [0.15, 0.2) is 70.3 Å². The number of fused-ring (bicyclic) bond motifs is 2. The second-order valence-corrected chi connectivity index (χ2v) is 12.2. The lowest BCUT2D eigenvalue weighted by Crippen LogP contribution is -2.41. The van der Waals surface area contributed by atoms with Crippen LogP contribution in [0.4, 0.5) is 0 Å². The molecule has 0 fully saturated rings. The molecule has 7 nitrogen and oxygen atoms in total. The van der Waals surface area contributed by atoms with Gasteiger partial charge in [-0.2, -0.15) is 4.31 Å². The van der Waals surface area contributed by atoms with Crippen LogP contribution in [0.2, 0.25) is 0 Å². The summed E-state index contributed by atoms with van der Waals surface area (Å²) in [7, 11) is -3.77. The van der Waals surface area contributed by atoms with Crippen molar-refractivity contribution in [3.63, 3.8) is 0 Å². The lowest BCUT2D eigenvalue weighted by molar-refractivity contribution is -0.149. The van der Waals surface area contributed by atoms with Gasteiger partial charge in [0.15, 0.2) is 6.61 Å². The van der Waals surface area contributed by atoms with Gasteiger partial charge in [-0.3, -0.25) is 9.59 Å². The van der Waals surface area contributed by atoms with Crippen LogP contribution in [0, 0.1) is 0 Å². The molecular formula is C27H28N2O5S2. The van der Waals surface area contributed by atoms with Gasteiger partial charge in [-0.1, -0.05) is 54.6 Å². The Hall–Kier alpha value is -3.01. The van der Waals surface area contributed by atoms with Gasteiger partial charge in [0.2, 0.25) is 0 Å². The smallest absolute Gasteiger partial charge is 0.308 e. The van der Waals surface area contributed by atoms with E-state index < -0.39 is 28.6 Å². The van der Waals surface area contributed by atoms with Gasteiger partial charge in [0.25, 0.3) is 15.9 Å². The standard InChI is InChI=1S/C27H28N2O5S2/c30-25(28-23-12-5-9-19-7-1-3-10-21(19)23)18-34-26(31)17-24-22-11-4-2-8-20(22)14-15-29(24)36(32,33)27-13-6-16-35-27/h1-4,6-8,10-11,13,16,23-24H,5,9,12,14-15,17-18H2,(H,28,30). The van der Waals surface area contributed by atoms with Crippen molar-refractivity contribution in [3.8, 4) is 0 Å². The van der Waals surface area contributed by atoms with Crippen molar-refractivity contribution >= 4 is 33.2 Å². The van der Waals surface area contributed by atoms with Crippen LogP contribution >= 0.6 is 11.3 Å². The first-order valence-corrected chi connectivity index (χ1v) is 14.4. The second kappa shape index (κ2) is 10.5. The van der Waals surface area contributed by atoms with Crippen LogP contribution in [0.3, 0.4) is 0 Å². The fourth-order valence-corrected chi connectivity index (χ4v) is 7.88. The maximum absolute atomic E-state index is 13.4. The van der Waals surface area contributed by atoms with Gasteiger partial charge in [0.05, 0.1) is 18.5 Å². The van der Waals surface area contributed by atoms with Gasteiger partial charge in [-0.15, -0.1) is 11.3 Å². The molecule has 2 atom stereocenters. The molecule has 36 heavy (non-hydrogen) atoms. The SMILES string of the molecule is O=C(COC(=O)CC1c2ccccc2CCN1S(=O)(=O)c1cccs1)NC1CCCc2ccccc21. The molecule has 1 amide bonds. The third-order valence-corrected chi connectivity index (χ3v) is 10.1. The highest BCUT2D eigenvalue weighted by atomic mass is 32.2. The number of sulfonamides is 1. The van der Waals surface area contributed by atoms with Crippen LogP contribution in [-0.4, -0.2) is 37.8 Å². The number of nitrogens with one attached hydrogen (secondary N) is 1. The Morgan fingerprint density at radius 2 is 1.69 bits per heavy atom. The Kier molecular flexibility index (Phi) is 7.22. The molecule has 3 aromatic rings. The van der Waals surface area contributed by atoms with Crippen molar-refractivity contribution in [1.82, 2.24) is 9.62 Å². The average Bonchev–Trinajstić information content (AvgIpc) is 3.44. The molecule has 2 aliphatic rings. The molecule has 0 spiro atoms. The summed E-state index contributed by atoms with van der Waals surface area (Å²) in [5.41, 5.74) is 4.15. The summed E-state index contributed by atoms with van der Waals surface area (Å²) < 4.78 is 33.7. The Balaban J connectivity index is 1.26. The summed E-state index contributed by atoms with van der Waals surface area (Å²) in [4.78, 5) is 25.5. The van der Waals surface area contributed by atoms with E-state index in [1.807, 2.05) is 42.5 Å². The molecule has 2 heterocycles. The van der Waals surface area contributed by atoms with E-state index in [1.165, 1.54) is 9.87 Å². The van der Waals surface area contributed by atoms with Gasteiger partial charge in [0.1, 0.15) is 4.21 Å². The van der Waals surface area contributed by atoms with E-state index in [-0.39, 0.29) is 29.1 Å². The molecule has 188 valence electrons. The number of benzene rings is 2. The lowest BCUT2D eigenvalue weighted by Gasteiger charge is -2.35. The molecule has 5 rings (SSSR count). The van der Waals surface area contributed by atoms with E-state index in [0.29, 0.717) is 6.42 Å². The molecule has 1 N–H and O–H groups in total. The van der Waals surface area contributed by atoms with Gasteiger partial charge < -0.3 is 10.1 Å². The van der Waals surface area contributed by atoms with Crippen LogP contribution in [0.25, 0.3) is 0 Å². The zero-order valence-corrected chi connectivity index (χ0v) is 21.4. The molecule has 1 aliphatic heterocycles. The van der Waals surface area contributed by atoms with E-state index in [4.69, 9.17) is 4.74 Å². The van der Waals surface area contributed by atoms with Crippen molar-refractivity contribution in [3.05, 3.63) is 88.3 Å². The minimum absolute atomic E-state index is 0.0993. The number of amides is 1. The van der Waals surface area contributed by atoms with Crippen molar-refractivity contribution in [1.29, 1.82) is 0 Å². The average molecular weight is 525 g/mol. The number of carbonyl (C=O) groups excluding carboxylic acids is 2. The summed E-state index contributed by atoms with van der Waals surface area (Å²) in [6.45, 7) is -0.125. The van der Waals surface area contributed by atoms with E-state index >= 15 is 0 Å². The lowest BCUT2D eigenvalue weighted by atomic mass is 9.88. The second-order valence-electron chi connectivity index (χ2n) is 9.09. The van der Waals surface area contributed by atoms with E-state index in [9.17, 15) is 18.0 Å². The summed E-state index contributed by atoms with van der Waals surface area (Å²) in [6.07, 6.45) is 3.21. The number of hydrogen-bond acceptors (Lipinski definition) is 6. The zero-order valence-electron chi connectivity index (χ0n) is 19.8. The van der Waals surface area contributed by atoms with Crippen LogP contribution in [0.1, 0.15) is 53.6 Å². The first-order chi connectivity index (χ1) is 17.4. The Bertz CT molecular complexity index is 1350. The number of rotatable bonds is 7. The summed E-state index contributed by atoms with van der Waals surface area (Å²) in [5, 5.41) is 4.70. The van der Waals surface area contributed by atoms with E-state index in [2.05, 4.69) is 11.4 Å². The fourth-order valence-electron chi connectivity index (χ4n) is 5.16. The summed E-state index contributed by atoms with van der Waals surface area (Å²) in [6, 6.07) is 18.1. The first-order valence-electron chi connectivity index (χ1n) is 12.1. The third kappa shape index (κ3) is 5.09. The maximum Gasteiger partial charge on any atom is 0.308 e. The number of aryl methyl sites for hydroxylation is 1. The Morgan fingerprint density at radius 1 is 0.972 bits per heavy atom. The van der Waals surface area contributed by atoms with Gasteiger partial charge in [0, 0.05) is 6.54 Å². The van der Waals surface area contributed by atoms with Crippen molar-refractivity contribution in [2.24, 2.45) is 0 Å². The molecule has 0 bridgehead atoms. The summed E-state index contributed by atoms with van der Waals surface area (Å²) in [5.74, 6) is -0.973. The number of carbonyl (C=O) groups is 2. The molecule has 0 saturated carbocycles. The van der Waals surface area contributed by atoms with Gasteiger partial charge in [-0.25, -0.2) is 8.42 Å². The normalized spacial score (nSPS) is 19.7. The number of thiophene rings is 1. The number of esters is 1. The predicted molar refractivity (Wildman–Crippen MR) is 137 cm³/mol. The number of ether oxygens (including phenoxy) is 1. The van der Waals surface area contributed by atoms with Crippen LogP contribution in [0.5, 0.6) is 0 Å². The summed E-state index contributed by atoms with van der Waals surface area (Å²) >= 11 is 1.15. The third-order valence-electron chi connectivity index (χ3n) is 6.85. The van der Waals surface area contributed by atoms with Crippen molar-refractivity contribution in [2.45, 2.75) is 48.4 Å². The van der Waals surface area contributed by atoms with Crippen molar-refractivity contribution < 1.29 is 22.7 Å². The molecule has 0 saturated heterocycles. The largest absolute Gasteiger partial charge is 0.456 e. The zero-order chi connectivity index (χ0) is 25.1. The predicted octanol–water partition coefficient (Wildman–Crippen LogP) is 4.16. The molecule has 2 unspecified atom stereocenters. The molecule has 2 aromatic carbocycles. The molecule has 1 aromatic heterocycles. The molecule has 1 aliphatic carbocycles. The van der Waals surface area contributed by atoms with Crippen LogP contribution < -0.4 is 5.32 Å². The monoisotopic (exact) mass is 524 g/mol. The topological polar surface area (TPSA) is 92.8 Å². The minimum Gasteiger partial charge on any atom is -0.456 e. The Labute approximate surface area is 215 Å². The van der Waals surface area contributed by atoms with E-state index in [1.54, 1.807) is 17.5 Å². The van der Waals surface area contributed by atoms with Crippen LogP contribution in [-0.2, 0) is 37.2 Å². The van der Waals surface area contributed by atoms with E-state index in [0.717, 1.165) is 47.3 Å². The maximum atomic E-state index is 13.4. The van der Waals surface area contributed by atoms with Crippen molar-refractivity contribution in [2.75, 3.05) is 13.2 Å². The highest BCUT2D eigenvalue weighted by Gasteiger charge is 2.38. The molecule has 9 heteroatoms. The fraction of sp³-hybridized carbons (Fsp3) is 0.333.